The Morgan fingerprint density at radius 1 is 1.45 bits per heavy atom. The molecule has 0 bridgehead atoms. The van der Waals surface area contributed by atoms with Crippen molar-refractivity contribution in [3.8, 4) is 0 Å². The molecule has 2 aromatic rings. The van der Waals surface area contributed by atoms with E-state index in [2.05, 4.69) is 10.1 Å². The molecule has 0 aliphatic carbocycles. The van der Waals surface area contributed by atoms with Gasteiger partial charge in [-0.05, 0) is 12.8 Å². The van der Waals surface area contributed by atoms with Crippen molar-refractivity contribution in [3.63, 3.8) is 0 Å². The number of aromatic nitrogens is 4. The van der Waals surface area contributed by atoms with Crippen LogP contribution >= 0.6 is 11.6 Å². The van der Waals surface area contributed by atoms with E-state index >= 15 is 0 Å². The number of imidazole rings is 1. The quantitative estimate of drug-likeness (QED) is 0.641. The molecule has 1 unspecified atom stereocenters. The van der Waals surface area contributed by atoms with Crippen LogP contribution in [0.25, 0.3) is 11.2 Å². The van der Waals surface area contributed by atoms with Crippen molar-refractivity contribution < 1.29 is 9.53 Å². The molecule has 2 aromatic heterocycles. The molecule has 0 spiro atoms. The van der Waals surface area contributed by atoms with E-state index in [9.17, 15) is 4.79 Å². The van der Waals surface area contributed by atoms with Crippen LogP contribution in [0, 0.1) is 12.8 Å². The van der Waals surface area contributed by atoms with Crippen molar-refractivity contribution in [1.29, 1.82) is 0 Å². The molecule has 2 heterocycles. The molecular formula is C13H19ClN4O2. The monoisotopic (exact) mass is 298 g/mol. The van der Waals surface area contributed by atoms with Crippen LogP contribution in [0.1, 0.15) is 31.4 Å². The van der Waals surface area contributed by atoms with Gasteiger partial charge in [0.1, 0.15) is 17.4 Å². The molecule has 6 nitrogen and oxygen atoms in total. The number of esters is 1. The van der Waals surface area contributed by atoms with E-state index < -0.39 is 6.04 Å². The number of hydrogen-bond acceptors (Lipinski definition) is 4. The first-order valence-corrected chi connectivity index (χ1v) is 7.00. The fourth-order valence-corrected chi connectivity index (χ4v) is 2.71. The molecule has 0 aliphatic heterocycles. The van der Waals surface area contributed by atoms with Crippen LogP contribution in [-0.2, 0) is 22.5 Å². The van der Waals surface area contributed by atoms with Gasteiger partial charge in [-0.25, -0.2) is 9.78 Å². The van der Waals surface area contributed by atoms with Crippen molar-refractivity contribution in [1.82, 2.24) is 19.3 Å². The van der Waals surface area contributed by atoms with E-state index in [4.69, 9.17) is 16.3 Å². The Morgan fingerprint density at radius 2 is 2.10 bits per heavy atom. The van der Waals surface area contributed by atoms with Crippen molar-refractivity contribution in [2.75, 3.05) is 7.11 Å². The van der Waals surface area contributed by atoms with Gasteiger partial charge in [0.25, 0.3) is 0 Å². The number of aryl methyl sites for hydroxylation is 2. The van der Waals surface area contributed by atoms with Crippen LogP contribution in [0.4, 0.5) is 0 Å². The van der Waals surface area contributed by atoms with Crippen molar-refractivity contribution in [2.24, 2.45) is 13.0 Å². The highest BCUT2D eigenvalue weighted by molar-refractivity contribution is 6.16. The van der Waals surface area contributed by atoms with E-state index in [-0.39, 0.29) is 17.8 Å². The maximum atomic E-state index is 12.1. The molecule has 0 amide bonds. The van der Waals surface area contributed by atoms with Gasteiger partial charge in [-0.3, -0.25) is 9.25 Å². The Hall–Kier alpha value is -1.56. The average Bonchev–Trinajstić information content (AvgIpc) is 2.89. The number of carbonyl (C=O) groups is 1. The normalized spacial score (nSPS) is 13.2. The molecule has 2 rings (SSSR count). The number of halogens is 1. The van der Waals surface area contributed by atoms with Crippen LogP contribution in [0.15, 0.2) is 0 Å². The fraction of sp³-hybridized carbons (Fsp3) is 0.615. The largest absolute Gasteiger partial charge is 0.467 e. The van der Waals surface area contributed by atoms with Gasteiger partial charge < -0.3 is 4.74 Å². The zero-order valence-corrected chi connectivity index (χ0v) is 13.1. The summed E-state index contributed by atoms with van der Waals surface area (Å²) in [6.45, 7) is 5.82. The first-order chi connectivity index (χ1) is 9.42. The molecule has 110 valence electrons. The predicted octanol–water partition coefficient (Wildman–Crippen LogP) is 2.19. The standard InChI is InChI=1S/C13H19ClN4O2/c1-7(2)11(13(19)20-5)18-9(6-14)15-10-8(3)16-17(4)12(10)18/h7,11H,6H2,1-5H3. The second-order valence-corrected chi connectivity index (χ2v) is 5.39. The lowest BCUT2D eigenvalue weighted by Gasteiger charge is -2.22. The number of ether oxygens (including phenoxy) is 1. The first-order valence-electron chi connectivity index (χ1n) is 6.46. The summed E-state index contributed by atoms with van der Waals surface area (Å²) in [6.07, 6.45) is 0. The topological polar surface area (TPSA) is 61.9 Å². The molecular weight excluding hydrogens is 280 g/mol. The minimum absolute atomic E-state index is 0.0528. The second kappa shape index (κ2) is 5.44. The number of fused-ring (bicyclic) bond motifs is 1. The minimum Gasteiger partial charge on any atom is -0.467 e. The van der Waals surface area contributed by atoms with Gasteiger partial charge in [0, 0.05) is 7.05 Å². The van der Waals surface area contributed by atoms with Crippen LogP contribution in [0.3, 0.4) is 0 Å². The van der Waals surface area contributed by atoms with E-state index in [1.54, 1.807) is 4.68 Å². The smallest absolute Gasteiger partial charge is 0.329 e. The Labute approximate surface area is 122 Å². The van der Waals surface area contributed by atoms with Gasteiger partial charge in [-0.15, -0.1) is 11.6 Å². The van der Waals surface area contributed by atoms with Gasteiger partial charge in [0.15, 0.2) is 5.65 Å². The zero-order valence-electron chi connectivity index (χ0n) is 12.3. The third kappa shape index (κ3) is 2.18. The Bertz CT molecular complexity index is 644. The summed E-state index contributed by atoms with van der Waals surface area (Å²) in [7, 11) is 3.22. The Morgan fingerprint density at radius 3 is 2.60 bits per heavy atom. The Kier molecular flexibility index (Phi) is 4.04. The van der Waals surface area contributed by atoms with E-state index in [0.29, 0.717) is 5.82 Å². The number of hydrogen-bond donors (Lipinski definition) is 0. The number of alkyl halides is 1. The van der Waals surface area contributed by atoms with Gasteiger partial charge in [-0.1, -0.05) is 13.8 Å². The summed E-state index contributed by atoms with van der Waals surface area (Å²) >= 11 is 6.00. The summed E-state index contributed by atoms with van der Waals surface area (Å²) in [5.41, 5.74) is 2.39. The van der Waals surface area contributed by atoms with Crippen LogP contribution in [0.2, 0.25) is 0 Å². The highest BCUT2D eigenvalue weighted by Crippen LogP contribution is 2.29. The van der Waals surface area contributed by atoms with Crippen LogP contribution in [0.5, 0.6) is 0 Å². The van der Waals surface area contributed by atoms with E-state index in [0.717, 1.165) is 16.9 Å². The first kappa shape index (κ1) is 14.8. The summed E-state index contributed by atoms with van der Waals surface area (Å²) in [5.74, 6) is 0.636. The minimum atomic E-state index is -0.464. The van der Waals surface area contributed by atoms with Gasteiger partial charge in [0.2, 0.25) is 0 Å². The van der Waals surface area contributed by atoms with E-state index in [1.165, 1.54) is 7.11 Å². The molecule has 0 aliphatic rings. The third-order valence-corrected chi connectivity index (χ3v) is 3.62. The molecule has 0 N–H and O–H groups in total. The van der Waals surface area contributed by atoms with Crippen LogP contribution in [-0.4, -0.2) is 32.4 Å². The van der Waals surface area contributed by atoms with Crippen molar-refractivity contribution in [3.05, 3.63) is 11.5 Å². The summed E-state index contributed by atoms with van der Waals surface area (Å²) in [5, 5.41) is 4.35. The highest BCUT2D eigenvalue weighted by Gasteiger charge is 2.31. The fourth-order valence-electron chi connectivity index (χ4n) is 2.52. The molecule has 0 fully saturated rings. The number of rotatable bonds is 4. The summed E-state index contributed by atoms with van der Waals surface area (Å²) in [6, 6.07) is -0.464. The lowest BCUT2D eigenvalue weighted by molar-refractivity contribution is -0.146. The predicted molar refractivity (Wildman–Crippen MR) is 76.7 cm³/mol. The van der Waals surface area contributed by atoms with Crippen molar-refractivity contribution in [2.45, 2.75) is 32.7 Å². The molecule has 0 radical (unpaired) electrons. The number of methoxy groups -OCH3 is 1. The molecule has 0 saturated heterocycles. The SMILES string of the molecule is COC(=O)C(C(C)C)n1c(CCl)nc2c(C)nn(C)c21. The highest BCUT2D eigenvalue weighted by atomic mass is 35.5. The van der Waals surface area contributed by atoms with Gasteiger partial charge in [0.05, 0.1) is 18.7 Å². The molecule has 1 atom stereocenters. The number of nitrogens with zero attached hydrogens (tertiary/aromatic N) is 4. The molecule has 0 saturated carbocycles. The maximum absolute atomic E-state index is 12.1. The average molecular weight is 299 g/mol. The lowest BCUT2D eigenvalue weighted by atomic mass is 10.0. The Balaban J connectivity index is 2.75. The summed E-state index contributed by atoms with van der Waals surface area (Å²) in [4.78, 5) is 16.6. The molecule has 7 heteroatoms. The van der Waals surface area contributed by atoms with E-state index in [1.807, 2.05) is 32.4 Å². The molecule has 20 heavy (non-hydrogen) atoms. The third-order valence-electron chi connectivity index (χ3n) is 3.38. The van der Waals surface area contributed by atoms with Gasteiger partial charge in [-0.2, -0.15) is 5.10 Å². The van der Waals surface area contributed by atoms with Gasteiger partial charge >= 0.3 is 5.97 Å². The number of carbonyl (C=O) groups excluding carboxylic acids is 1. The maximum Gasteiger partial charge on any atom is 0.329 e. The second-order valence-electron chi connectivity index (χ2n) is 5.12. The summed E-state index contributed by atoms with van der Waals surface area (Å²) < 4.78 is 8.51. The van der Waals surface area contributed by atoms with Crippen LogP contribution < -0.4 is 0 Å². The lowest BCUT2D eigenvalue weighted by Crippen LogP contribution is -2.27. The zero-order chi connectivity index (χ0) is 15.0. The molecule has 0 aromatic carbocycles. The van der Waals surface area contributed by atoms with Crippen molar-refractivity contribution >= 4 is 28.7 Å².